The van der Waals surface area contributed by atoms with Gasteiger partial charge in [-0.15, -0.1) is 0 Å². The lowest BCUT2D eigenvalue weighted by Crippen LogP contribution is -2.42. The minimum atomic E-state index is 0.314. The third-order valence-electron chi connectivity index (χ3n) is 5.94. The molecule has 3 aromatic heterocycles. The van der Waals surface area contributed by atoms with Crippen molar-refractivity contribution in [2.24, 2.45) is 11.7 Å². The predicted molar refractivity (Wildman–Crippen MR) is 116 cm³/mol. The normalized spacial score (nSPS) is 23.7. The third-order valence-corrected chi connectivity index (χ3v) is 7.44. The second-order valence-electron chi connectivity index (χ2n) is 7.62. The van der Waals surface area contributed by atoms with Crippen molar-refractivity contribution in [1.82, 2.24) is 19.9 Å². The van der Waals surface area contributed by atoms with Crippen LogP contribution in [0.2, 0.25) is 5.02 Å². The van der Waals surface area contributed by atoms with E-state index in [9.17, 15) is 0 Å². The Morgan fingerprint density at radius 1 is 1.17 bits per heavy atom. The van der Waals surface area contributed by atoms with E-state index in [-0.39, 0.29) is 0 Å². The number of nitrogen functional groups attached to an aromatic ring is 1. The Kier molecular flexibility index (Phi) is 4.93. The topological polar surface area (TPSA) is 107 Å². The van der Waals surface area contributed by atoms with Crippen LogP contribution in [0.3, 0.4) is 0 Å². The van der Waals surface area contributed by atoms with Crippen molar-refractivity contribution in [2.45, 2.75) is 47.7 Å². The van der Waals surface area contributed by atoms with Gasteiger partial charge in [0.15, 0.2) is 5.65 Å². The highest BCUT2D eigenvalue weighted by atomic mass is 35.5. The Morgan fingerprint density at radius 3 is 2.93 bits per heavy atom. The molecule has 2 aliphatic rings. The molecule has 29 heavy (non-hydrogen) atoms. The molecule has 0 spiro atoms. The highest BCUT2D eigenvalue weighted by Gasteiger charge is 2.43. The maximum atomic E-state index is 6.25. The van der Waals surface area contributed by atoms with E-state index in [0.29, 0.717) is 34.5 Å². The monoisotopic (exact) mass is 427 g/mol. The van der Waals surface area contributed by atoms with Gasteiger partial charge in [0.25, 0.3) is 0 Å². The van der Waals surface area contributed by atoms with Crippen molar-refractivity contribution < 1.29 is 0 Å². The van der Waals surface area contributed by atoms with Crippen LogP contribution in [-0.2, 0) is 0 Å². The number of rotatable bonds is 4. The summed E-state index contributed by atoms with van der Waals surface area (Å²) in [4.78, 5) is 21.4. The minimum Gasteiger partial charge on any atom is -0.382 e. The average Bonchev–Trinajstić information content (AvgIpc) is 2.95. The van der Waals surface area contributed by atoms with Crippen LogP contribution in [0, 0.1) is 5.92 Å². The first-order valence-electron chi connectivity index (χ1n) is 9.84. The van der Waals surface area contributed by atoms with Crippen molar-refractivity contribution in [3.63, 3.8) is 0 Å². The maximum absolute atomic E-state index is 6.25. The Balaban J connectivity index is 1.44. The molecule has 0 aromatic carbocycles. The number of fused-ring (bicyclic) bond motifs is 3. The fraction of sp³-hybridized carbons (Fsp3) is 0.400. The lowest BCUT2D eigenvalue weighted by Gasteiger charge is -2.36. The van der Waals surface area contributed by atoms with Crippen LogP contribution in [0.5, 0.6) is 0 Å². The van der Waals surface area contributed by atoms with E-state index >= 15 is 0 Å². The molecule has 0 amide bonds. The summed E-state index contributed by atoms with van der Waals surface area (Å²) in [5.41, 5.74) is 13.2. The van der Waals surface area contributed by atoms with E-state index in [1.165, 1.54) is 31.0 Å². The number of hydrogen-bond acceptors (Lipinski definition) is 8. The molecule has 5 rings (SSSR count). The standard InChI is InChI=1S/C20H22ClN7S/c21-18-15(6-7-24-19(18)23)29-17-5-4-13-20(27-17)25-10-16(26-13)28-12-2-1-3-14(28)11(8-12)9-22/h4-7,10-12,14H,1-3,8-9,22H2,(H2,23,24). The minimum absolute atomic E-state index is 0.314. The number of nitrogens with two attached hydrogens (primary N) is 2. The SMILES string of the molecule is NCC1CC2CCCC1N2c1cnc2nc(Sc3ccnc(N)c3Cl)ccc2n1. The van der Waals surface area contributed by atoms with Gasteiger partial charge in [0.2, 0.25) is 0 Å². The summed E-state index contributed by atoms with van der Waals surface area (Å²) in [5, 5.41) is 1.23. The number of pyridine rings is 2. The largest absolute Gasteiger partial charge is 0.382 e. The van der Waals surface area contributed by atoms with Crippen LogP contribution in [0.25, 0.3) is 11.2 Å². The highest BCUT2D eigenvalue weighted by molar-refractivity contribution is 7.99. The number of nitrogens with zero attached hydrogens (tertiary/aromatic N) is 5. The van der Waals surface area contributed by atoms with Gasteiger partial charge >= 0.3 is 0 Å². The lowest BCUT2D eigenvalue weighted by molar-refractivity contribution is 0.427. The zero-order chi connectivity index (χ0) is 20.0. The van der Waals surface area contributed by atoms with E-state index < -0.39 is 0 Å². The Labute approximate surface area is 178 Å². The van der Waals surface area contributed by atoms with Gasteiger partial charge in [-0.1, -0.05) is 23.4 Å². The summed E-state index contributed by atoms with van der Waals surface area (Å²) in [7, 11) is 0. The molecule has 2 aliphatic heterocycles. The van der Waals surface area contributed by atoms with Gasteiger partial charge in [0.05, 0.1) is 11.2 Å². The molecule has 0 radical (unpaired) electrons. The molecule has 7 nitrogen and oxygen atoms in total. The van der Waals surface area contributed by atoms with Crippen molar-refractivity contribution in [2.75, 3.05) is 17.2 Å². The van der Waals surface area contributed by atoms with Crippen LogP contribution in [0.15, 0.2) is 40.5 Å². The predicted octanol–water partition coefficient (Wildman–Crippen LogP) is 3.51. The third kappa shape index (κ3) is 3.39. The molecule has 2 fully saturated rings. The zero-order valence-electron chi connectivity index (χ0n) is 15.8. The summed E-state index contributed by atoms with van der Waals surface area (Å²) in [6, 6.07) is 6.73. The van der Waals surface area contributed by atoms with Crippen LogP contribution in [0.4, 0.5) is 11.6 Å². The highest BCUT2D eigenvalue weighted by Crippen LogP contribution is 2.42. The fourth-order valence-electron chi connectivity index (χ4n) is 4.61. The molecule has 3 aromatic rings. The molecule has 2 bridgehead atoms. The summed E-state index contributed by atoms with van der Waals surface area (Å²) in [6.45, 7) is 0.739. The van der Waals surface area contributed by atoms with Crippen LogP contribution >= 0.6 is 23.4 Å². The number of halogens is 1. The molecular weight excluding hydrogens is 406 g/mol. The first-order valence-corrected chi connectivity index (χ1v) is 11.0. The first-order chi connectivity index (χ1) is 14.1. The maximum Gasteiger partial charge on any atom is 0.179 e. The van der Waals surface area contributed by atoms with Crippen molar-refractivity contribution in [3.05, 3.63) is 35.6 Å². The molecule has 3 atom stereocenters. The quantitative estimate of drug-likeness (QED) is 0.651. The Hall–Kier alpha value is -2.16. The van der Waals surface area contributed by atoms with E-state index in [4.69, 9.17) is 28.1 Å². The Bertz CT molecular complexity index is 1060. The zero-order valence-corrected chi connectivity index (χ0v) is 17.4. The molecule has 0 aliphatic carbocycles. The summed E-state index contributed by atoms with van der Waals surface area (Å²) in [5.74, 6) is 1.80. The molecule has 9 heteroatoms. The second kappa shape index (κ2) is 7.59. The van der Waals surface area contributed by atoms with Crippen LogP contribution in [0.1, 0.15) is 25.7 Å². The molecular formula is C20H22ClN7S. The first kappa shape index (κ1) is 18.8. The molecule has 0 saturated carbocycles. The molecule has 5 heterocycles. The van der Waals surface area contributed by atoms with E-state index in [0.717, 1.165) is 34.2 Å². The van der Waals surface area contributed by atoms with Gasteiger partial charge in [-0.3, -0.25) is 0 Å². The van der Waals surface area contributed by atoms with Gasteiger partial charge < -0.3 is 16.4 Å². The smallest absolute Gasteiger partial charge is 0.179 e. The Morgan fingerprint density at radius 2 is 2.07 bits per heavy atom. The summed E-state index contributed by atoms with van der Waals surface area (Å²) in [6.07, 6.45) is 8.31. The number of piperidine rings is 1. The lowest BCUT2D eigenvalue weighted by atomic mass is 9.98. The summed E-state index contributed by atoms with van der Waals surface area (Å²) >= 11 is 7.68. The average molecular weight is 428 g/mol. The van der Waals surface area contributed by atoms with Crippen molar-refractivity contribution >= 4 is 46.2 Å². The van der Waals surface area contributed by atoms with Crippen molar-refractivity contribution in [3.8, 4) is 0 Å². The molecule has 3 unspecified atom stereocenters. The summed E-state index contributed by atoms with van der Waals surface area (Å²) < 4.78 is 0. The van der Waals surface area contributed by atoms with Gasteiger partial charge in [-0.25, -0.2) is 19.9 Å². The van der Waals surface area contributed by atoms with E-state index in [1.54, 1.807) is 6.20 Å². The van der Waals surface area contributed by atoms with Gasteiger partial charge in [0, 0.05) is 23.2 Å². The molecule has 4 N–H and O–H groups in total. The fourth-order valence-corrected chi connectivity index (χ4v) is 5.66. The van der Waals surface area contributed by atoms with E-state index in [1.807, 2.05) is 24.4 Å². The van der Waals surface area contributed by atoms with Gasteiger partial charge in [-0.2, -0.15) is 0 Å². The van der Waals surface area contributed by atoms with E-state index in [2.05, 4.69) is 19.9 Å². The van der Waals surface area contributed by atoms with Crippen LogP contribution < -0.4 is 16.4 Å². The van der Waals surface area contributed by atoms with Crippen LogP contribution in [-0.4, -0.2) is 38.6 Å². The molecule has 2 saturated heterocycles. The number of anilines is 2. The van der Waals surface area contributed by atoms with Gasteiger partial charge in [-0.05, 0) is 56.3 Å². The van der Waals surface area contributed by atoms with Gasteiger partial charge in [0.1, 0.15) is 22.2 Å². The number of aromatic nitrogens is 4. The molecule has 150 valence electrons. The number of hydrogen-bond donors (Lipinski definition) is 2. The second-order valence-corrected chi connectivity index (χ2v) is 9.06. The van der Waals surface area contributed by atoms with Crippen molar-refractivity contribution in [1.29, 1.82) is 0 Å².